The van der Waals surface area contributed by atoms with Crippen molar-refractivity contribution in [3.63, 3.8) is 0 Å². The monoisotopic (exact) mass is 238 g/mol. The van der Waals surface area contributed by atoms with Gasteiger partial charge in [-0.3, -0.25) is 9.48 Å². The fourth-order valence-corrected chi connectivity index (χ4v) is 1.94. The van der Waals surface area contributed by atoms with Crippen molar-refractivity contribution in [3.05, 3.63) is 11.8 Å². The summed E-state index contributed by atoms with van der Waals surface area (Å²) >= 11 is 0. The Labute approximate surface area is 100 Å². The number of nitrogens with two attached hydrogens (primary N) is 1. The Hall–Kier alpha value is -1.56. The zero-order chi connectivity index (χ0) is 12.3. The molecule has 3 N–H and O–H groups in total. The molecule has 0 spiro atoms. The van der Waals surface area contributed by atoms with E-state index in [1.165, 1.54) is 10.9 Å². The van der Waals surface area contributed by atoms with Crippen molar-refractivity contribution in [1.82, 2.24) is 15.1 Å². The SMILES string of the molecule is Cn1ncc(C(=O)NCCC2CCCO2)c1N. The molecule has 1 unspecified atom stereocenters. The summed E-state index contributed by atoms with van der Waals surface area (Å²) in [5.41, 5.74) is 6.14. The number of hydrogen-bond acceptors (Lipinski definition) is 4. The van der Waals surface area contributed by atoms with Gasteiger partial charge in [0.15, 0.2) is 0 Å². The first-order valence-corrected chi connectivity index (χ1v) is 5.85. The van der Waals surface area contributed by atoms with Crippen LogP contribution >= 0.6 is 0 Å². The molecule has 6 heteroatoms. The zero-order valence-corrected chi connectivity index (χ0v) is 9.98. The van der Waals surface area contributed by atoms with Gasteiger partial charge in [-0.2, -0.15) is 5.10 Å². The lowest BCUT2D eigenvalue weighted by Gasteiger charge is -2.09. The number of hydrogen-bond donors (Lipinski definition) is 2. The van der Waals surface area contributed by atoms with Crippen molar-refractivity contribution in [2.45, 2.75) is 25.4 Å². The van der Waals surface area contributed by atoms with E-state index in [1.54, 1.807) is 7.05 Å². The first-order valence-electron chi connectivity index (χ1n) is 5.85. The van der Waals surface area contributed by atoms with E-state index >= 15 is 0 Å². The molecule has 0 radical (unpaired) electrons. The minimum Gasteiger partial charge on any atom is -0.383 e. The van der Waals surface area contributed by atoms with Gasteiger partial charge in [-0.15, -0.1) is 0 Å². The molecular formula is C11H18N4O2. The first kappa shape index (κ1) is 11.9. The summed E-state index contributed by atoms with van der Waals surface area (Å²) in [5, 5.41) is 6.76. The molecule has 1 aromatic heterocycles. The summed E-state index contributed by atoms with van der Waals surface area (Å²) in [5.74, 6) is 0.216. The highest BCUT2D eigenvalue weighted by Gasteiger charge is 2.17. The van der Waals surface area contributed by atoms with E-state index in [0.717, 1.165) is 25.9 Å². The number of nitrogens with one attached hydrogen (secondary N) is 1. The van der Waals surface area contributed by atoms with E-state index in [9.17, 15) is 4.79 Å². The van der Waals surface area contributed by atoms with Gasteiger partial charge < -0.3 is 15.8 Å². The first-order chi connectivity index (χ1) is 8.18. The van der Waals surface area contributed by atoms with Crippen LogP contribution < -0.4 is 11.1 Å². The second kappa shape index (κ2) is 5.18. The van der Waals surface area contributed by atoms with Gasteiger partial charge in [0.1, 0.15) is 11.4 Å². The molecule has 0 bridgehead atoms. The fraction of sp³-hybridized carbons (Fsp3) is 0.636. The van der Waals surface area contributed by atoms with E-state index in [-0.39, 0.29) is 5.91 Å². The number of nitrogens with zero attached hydrogens (tertiary/aromatic N) is 2. The fourth-order valence-electron chi connectivity index (χ4n) is 1.94. The van der Waals surface area contributed by atoms with Crippen LogP contribution in [0.5, 0.6) is 0 Å². The minimum atomic E-state index is -0.173. The Morgan fingerprint density at radius 3 is 3.18 bits per heavy atom. The van der Waals surface area contributed by atoms with E-state index in [4.69, 9.17) is 10.5 Å². The molecule has 0 saturated carbocycles. The molecule has 17 heavy (non-hydrogen) atoms. The van der Waals surface area contributed by atoms with Gasteiger partial charge in [-0.25, -0.2) is 0 Å². The number of aryl methyl sites for hydroxylation is 1. The number of carbonyl (C=O) groups is 1. The number of nitrogen functional groups attached to an aromatic ring is 1. The third-order valence-electron chi connectivity index (χ3n) is 3.01. The molecule has 2 rings (SSSR count). The largest absolute Gasteiger partial charge is 0.383 e. The van der Waals surface area contributed by atoms with E-state index in [1.807, 2.05) is 0 Å². The second-order valence-electron chi connectivity index (χ2n) is 4.25. The summed E-state index contributed by atoms with van der Waals surface area (Å²) in [6.45, 7) is 1.45. The molecule has 0 aromatic carbocycles. The van der Waals surface area contributed by atoms with E-state index in [0.29, 0.717) is 24.0 Å². The van der Waals surface area contributed by atoms with Crippen molar-refractivity contribution in [2.24, 2.45) is 7.05 Å². The Morgan fingerprint density at radius 2 is 2.59 bits per heavy atom. The number of rotatable bonds is 4. The third kappa shape index (κ3) is 2.76. The van der Waals surface area contributed by atoms with Crippen molar-refractivity contribution >= 4 is 11.7 Å². The maximum absolute atomic E-state index is 11.8. The average Bonchev–Trinajstić information content (AvgIpc) is 2.91. The molecule has 1 atom stereocenters. The number of aromatic nitrogens is 2. The van der Waals surface area contributed by atoms with Crippen molar-refractivity contribution in [2.75, 3.05) is 18.9 Å². The van der Waals surface area contributed by atoms with E-state index in [2.05, 4.69) is 10.4 Å². The summed E-state index contributed by atoms with van der Waals surface area (Å²) < 4.78 is 6.96. The Balaban J connectivity index is 1.79. The lowest BCUT2D eigenvalue weighted by molar-refractivity contribution is 0.0908. The van der Waals surface area contributed by atoms with Gasteiger partial charge in [-0.05, 0) is 19.3 Å². The quantitative estimate of drug-likeness (QED) is 0.790. The molecule has 1 aliphatic heterocycles. The Kier molecular flexibility index (Phi) is 3.63. The highest BCUT2D eigenvalue weighted by Crippen LogP contribution is 2.14. The molecule has 6 nitrogen and oxygen atoms in total. The number of amides is 1. The van der Waals surface area contributed by atoms with Crippen LogP contribution in [0, 0.1) is 0 Å². The van der Waals surface area contributed by atoms with Gasteiger partial charge in [0.2, 0.25) is 0 Å². The van der Waals surface area contributed by atoms with Gasteiger partial charge in [0.05, 0.1) is 12.3 Å². The van der Waals surface area contributed by atoms with Crippen LogP contribution in [0.4, 0.5) is 5.82 Å². The summed E-state index contributed by atoms with van der Waals surface area (Å²) in [6, 6.07) is 0. The lowest BCUT2D eigenvalue weighted by atomic mass is 10.2. The van der Waals surface area contributed by atoms with Gasteiger partial charge in [-0.1, -0.05) is 0 Å². The van der Waals surface area contributed by atoms with Gasteiger partial charge in [0, 0.05) is 20.2 Å². The second-order valence-corrected chi connectivity index (χ2v) is 4.25. The van der Waals surface area contributed by atoms with Gasteiger partial charge in [0.25, 0.3) is 5.91 Å². The zero-order valence-electron chi connectivity index (χ0n) is 9.98. The van der Waals surface area contributed by atoms with Crippen LogP contribution in [0.1, 0.15) is 29.6 Å². The molecular weight excluding hydrogens is 220 g/mol. The van der Waals surface area contributed by atoms with Crippen LogP contribution in [-0.2, 0) is 11.8 Å². The predicted molar refractivity (Wildman–Crippen MR) is 63.5 cm³/mol. The van der Waals surface area contributed by atoms with Crippen molar-refractivity contribution in [3.8, 4) is 0 Å². The normalized spacial score (nSPS) is 19.5. The maximum atomic E-state index is 11.8. The minimum absolute atomic E-state index is 0.173. The van der Waals surface area contributed by atoms with Crippen LogP contribution in [-0.4, -0.2) is 34.9 Å². The molecule has 1 aromatic rings. The molecule has 2 heterocycles. The summed E-state index contributed by atoms with van der Waals surface area (Å²) in [7, 11) is 1.71. The van der Waals surface area contributed by atoms with Crippen LogP contribution in [0.3, 0.4) is 0 Å². The van der Waals surface area contributed by atoms with Crippen LogP contribution in [0.2, 0.25) is 0 Å². The summed E-state index contributed by atoms with van der Waals surface area (Å²) in [6.07, 6.45) is 4.84. The summed E-state index contributed by atoms with van der Waals surface area (Å²) in [4.78, 5) is 11.8. The van der Waals surface area contributed by atoms with Crippen molar-refractivity contribution < 1.29 is 9.53 Å². The third-order valence-corrected chi connectivity index (χ3v) is 3.01. The maximum Gasteiger partial charge on any atom is 0.256 e. The standard InChI is InChI=1S/C11H18N4O2/c1-15-10(12)9(7-14-15)11(16)13-5-4-8-3-2-6-17-8/h7-8H,2-6,12H2,1H3,(H,13,16). The predicted octanol–water partition coefficient (Wildman–Crippen LogP) is 0.301. The average molecular weight is 238 g/mol. The van der Waals surface area contributed by atoms with Crippen molar-refractivity contribution in [1.29, 1.82) is 0 Å². The topological polar surface area (TPSA) is 82.2 Å². The molecule has 94 valence electrons. The highest BCUT2D eigenvalue weighted by atomic mass is 16.5. The smallest absolute Gasteiger partial charge is 0.256 e. The molecule has 1 amide bonds. The Morgan fingerprint density at radius 1 is 1.76 bits per heavy atom. The number of ether oxygens (including phenoxy) is 1. The molecule has 1 aliphatic rings. The molecule has 1 fully saturated rings. The van der Waals surface area contributed by atoms with Crippen LogP contribution in [0.25, 0.3) is 0 Å². The Bertz CT molecular complexity index is 396. The molecule has 0 aliphatic carbocycles. The number of carbonyl (C=O) groups excluding carboxylic acids is 1. The molecule has 1 saturated heterocycles. The van der Waals surface area contributed by atoms with Gasteiger partial charge >= 0.3 is 0 Å². The highest BCUT2D eigenvalue weighted by molar-refractivity contribution is 5.98. The van der Waals surface area contributed by atoms with E-state index < -0.39 is 0 Å². The number of anilines is 1. The van der Waals surface area contributed by atoms with Crippen LogP contribution in [0.15, 0.2) is 6.20 Å². The lowest BCUT2D eigenvalue weighted by Crippen LogP contribution is -2.27.